The largest absolute Gasteiger partial charge is 0.507 e. The van der Waals surface area contributed by atoms with Crippen molar-refractivity contribution in [3.8, 4) is 5.75 Å². The molecule has 0 aliphatic carbocycles. The molecule has 2 aromatic carbocycles. The lowest BCUT2D eigenvalue weighted by Crippen LogP contribution is -2.04. The molecule has 0 spiro atoms. The van der Waals surface area contributed by atoms with Crippen LogP contribution in [0.3, 0.4) is 0 Å². The molecule has 2 N–H and O–H groups in total. The van der Waals surface area contributed by atoms with Gasteiger partial charge >= 0.3 is 5.97 Å². The van der Waals surface area contributed by atoms with E-state index in [1.54, 1.807) is 12.1 Å². The van der Waals surface area contributed by atoms with E-state index < -0.39 is 0 Å². The Morgan fingerprint density at radius 1 is 1.19 bits per heavy atom. The van der Waals surface area contributed by atoms with Crippen molar-refractivity contribution in [2.75, 3.05) is 12.4 Å². The smallest absolute Gasteiger partial charge is 0.337 e. The average Bonchev–Trinajstić information content (AvgIpc) is 2.50. The molecule has 0 unspecified atom stereocenters. The maximum atomic E-state index is 11.5. The van der Waals surface area contributed by atoms with Gasteiger partial charge in [-0.15, -0.1) is 0 Å². The number of rotatable bonds is 4. The normalized spacial score (nSPS) is 10.2. The summed E-state index contributed by atoms with van der Waals surface area (Å²) < 4.78 is 4.70. The molecule has 0 saturated carbocycles. The molecule has 0 saturated heterocycles. The first kappa shape index (κ1) is 14.9. The van der Waals surface area contributed by atoms with Crippen molar-refractivity contribution in [1.82, 2.24) is 0 Å². The number of esters is 1. The summed E-state index contributed by atoms with van der Waals surface area (Å²) in [6.07, 6.45) is 0. The molecule has 0 atom stereocenters. The van der Waals surface area contributed by atoms with Gasteiger partial charge in [-0.1, -0.05) is 18.2 Å². The number of methoxy groups -OCH3 is 1. The van der Waals surface area contributed by atoms with Gasteiger partial charge in [0.15, 0.2) is 0 Å². The molecule has 0 aromatic heterocycles. The number of aromatic hydroxyl groups is 1. The lowest BCUT2D eigenvalue weighted by atomic mass is 10.1. The van der Waals surface area contributed by atoms with Gasteiger partial charge in [-0.2, -0.15) is 0 Å². The zero-order valence-corrected chi connectivity index (χ0v) is 12.4. The summed E-state index contributed by atoms with van der Waals surface area (Å²) in [5.74, 6) is -0.0126. The summed E-state index contributed by atoms with van der Waals surface area (Å²) in [4.78, 5) is 11.5. The van der Waals surface area contributed by atoms with Gasteiger partial charge in [0, 0.05) is 12.2 Å². The lowest BCUT2D eigenvalue weighted by molar-refractivity contribution is 0.0601. The molecule has 0 aliphatic rings. The standard InChI is InChI=1S/C17H19NO3/c1-11-7-13(8-12(2)16(11)19)10-18-15-6-4-5-14(9-15)17(20)21-3/h4-9,18-19H,10H2,1-3H3. The Balaban J connectivity index is 2.11. The van der Waals surface area contributed by atoms with Crippen LogP contribution >= 0.6 is 0 Å². The number of aryl methyl sites for hydroxylation is 2. The molecule has 4 nitrogen and oxygen atoms in total. The number of phenols is 1. The topological polar surface area (TPSA) is 58.6 Å². The molecule has 0 amide bonds. The number of nitrogens with one attached hydrogen (secondary N) is 1. The fourth-order valence-corrected chi connectivity index (χ4v) is 2.23. The summed E-state index contributed by atoms with van der Waals surface area (Å²) in [7, 11) is 1.37. The number of phenolic OH excluding ortho intramolecular Hbond substituents is 1. The molecule has 0 bridgehead atoms. The Kier molecular flexibility index (Phi) is 4.48. The van der Waals surface area contributed by atoms with E-state index in [1.165, 1.54) is 7.11 Å². The van der Waals surface area contributed by atoms with E-state index in [0.29, 0.717) is 17.9 Å². The van der Waals surface area contributed by atoms with Gasteiger partial charge in [-0.25, -0.2) is 4.79 Å². The summed E-state index contributed by atoms with van der Waals surface area (Å²) in [5.41, 5.74) is 4.15. The molecular weight excluding hydrogens is 266 g/mol. The van der Waals surface area contributed by atoms with Crippen molar-refractivity contribution in [2.24, 2.45) is 0 Å². The zero-order valence-electron chi connectivity index (χ0n) is 12.4. The first-order chi connectivity index (χ1) is 10.0. The third-order valence-corrected chi connectivity index (χ3v) is 3.33. The quantitative estimate of drug-likeness (QED) is 0.845. The van der Waals surface area contributed by atoms with Gasteiger partial charge in [0.2, 0.25) is 0 Å². The minimum Gasteiger partial charge on any atom is -0.507 e. The highest BCUT2D eigenvalue weighted by Gasteiger charge is 2.06. The van der Waals surface area contributed by atoms with E-state index in [9.17, 15) is 9.90 Å². The van der Waals surface area contributed by atoms with Crippen LogP contribution < -0.4 is 5.32 Å². The van der Waals surface area contributed by atoms with E-state index in [0.717, 1.165) is 22.4 Å². The van der Waals surface area contributed by atoms with Crippen molar-refractivity contribution in [1.29, 1.82) is 0 Å². The predicted octanol–water partition coefficient (Wildman–Crippen LogP) is 3.41. The van der Waals surface area contributed by atoms with Crippen LogP contribution in [0.1, 0.15) is 27.0 Å². The van der Waals surface area contributed by atoms with Crippen molar-refractivity contribution < 1.29 is 14.6 Å². The Morgan fingerprint density at radius 2 is 1.86 bits per heavy atom. The fraction of sp³-hybridized carbons (Fsp3) is 0.235. The van der Waals surface area contributed by atoms with Gasteiger partial charge in [-0.3, -0.25) is 0 Å². The summed E-state index contributed by atoms with van der Waals surface area (Å²) in [5, 5.41) is 13.0. The van der Waals surface area contributed by atoms with Crippen LogP contribution in [0.2, 0.25) is 0 Å². The van der Waals surface area contributed by atoms with Crippen LogP contribution in [0, 0.1) is 13.8 Å². The maximum absolute atomic E-state index is 11.5. The Bertz CT molecular complexity index is 642. The van der Waals surface area contributed by atoms with Gasteiger partial charge in [0.25, 0.3) is 0 Å². The molecule has 4 heteroatoms. The number of anilines is 1. The third-order valence-electron chi connectivity index (χ3n) is 3.33. The second-order valence-corrected chi connectivity index (χ2v) is 5.00. The first-order valence-corrected chi connectivity index (χ1v) is 6.72. The van der Waals surface area contributed by atoms with Crippen LogP contribution in [-0.2, 0) is 11.3 Å². The van der Waals surface area contributed by atoms with Crippen LogP contribution in [-0.4, -0.2) is 18.2 Å². The number of benzene rings is 2. The second-order valence-electron chi connectivity index (χ2n) is 5.00. The molecule has 2 rings (SSSR count). The molecule has 0 radical (unpaired) electrons. The van der Waals surface area contributed by atoms with Crippen LogP contribution in [0.5, 0.6) is 5.75 Å². The lowest BCUT2D eigenvalue weighted by Gasteiger charge is -2.11. The number of carbonyl (C=O) groups is 1. The number of carbonyl (C=O) groups excluding carboxylic acids is 1. The summed E-state index contributed by atoms with van der Waals surface area (Å²) in [6.45, 7) is 4.38. The Labute approximate surface area is 124 Å². The minimum atomic E-state index is -0.352. The van der Waals surface area contributed by atoms with E-state index >= 15 is 0 Å². The van der Waals surface area contributed by atoms with Crippen molar-refractivity contribution in [3.63, 3.8) is 0 Å². The third kappa shape index (κ3) is 3.54. The van der Waals surface area contributed by atoms with Gasteiger partial charge in [0.05, 0.1) is 12.7 Å². The molecular formula is C17H19NO3. The van der Waals surface area contributed by atoms with Crippen LogP contribution in [0.25, 0.3) is 0 Å². The minimum absolute atomic E-state index is 0.339. The van der Waals surface area contributed by atoms with Crippen molar-refractivity contribution in [2.45, 2.75) is 20.4 Å². The fourth-order valence-electron chi connectivity index (χ4n) is 2.23. The molecule has 21 heavy (non-hydrogen) atoms. The summed E-state index contributed by atoms with van der Waals surface area (Å²) in [6, 6.07) is 11.1. The average molecular weight is 285 g/mol. The van der Waals surface area contributed by atoms with Crippen LogP contribution in [0.15, 0.2) is 36.4 Å². The zero-order chi connectivity index (χ0) is 15.4. The molecule has 0 fully saturated rings. The Morgan fingerprint density at radius 3 is 2.48 bits per heavy atom. The monoisotopic (exact) mass is 285 g/mol. The van der Waals surface area contributed by atoms with E-state index in [-0.39, 0.29) is 5.97 Å². The highest BCUT2D eigenvalue weighted by Crippen LogP contribution is 2.23. The van der Waals surface area contributed by atoms with Crippen LogP contribution in [0.4, 0.5) is 5.69 Å². The van der Waals surface area contributed by atoms with E-state index in [4.69, 9.17) is 4.74 Å². The predicted molar refractivity (Wildman–Crippen MR) is 82.7 cm³/mol. The van der Waals surface area contributed by atoms with Gasteiger partial charge < -0.3 is 15.2 Å². The molecule has 0 heterocycles. The van der Waals surface area contributed by atoms with Crippen molar-refractivity contribution >= 4 is 11.7 Å². The molecule has 0 aliphatic heterocycles. The maximum Gasteiger partial charge on any atom is 0.337 e. The van der Waals surface area contributed by atoms with Gasteiger partial charge in [0.1, 0.15) is 5.75 Å². The highest BCUT2D eigenvalue weighted by molar-refractivity contribution is 5.90. The molecule has 2 aromatic rings. The second kappa shape index (κ2) is 6.31. The van der Waals surface area contributed by atoms with Crippen molar-refractivity contribution in [3.05, 3.63) is 58.7 Å². The molecule has 110 valence electrons. The summed E-state index contributed by atoms with van der Waals surface area (Å²) >= 11 is 0. The number of hydrogen-bond donors (Lipinski definition) is 2. The number of hydrogen-bond acceptors (Lipinski definition) is 4. The highest BCUT2D eigenvalue weighted by atomic mass is 16.5. The SMILES string of the molecule is COC(=O)c1cccc(NCc2cc(C)c(O)c(C)c2)c1. The first-order valence-electron chi connectivity index (χ1n) is 6.72. The van der Waals surface area contributed by atoms with E-state index in [2.05, 4.69) is 5.32 Å². The number of ether oxygens (including phenoxy) is 1. The Hall–Kier alpha value is -2.49. The van der Waals surface area contributed by atoms with Gasteiger partial charge in [-0.05, 0) is 48.7 Å². The van der Waals surface area contributed by atoms with E-state index in [1.807, 2.05) is 38.1 Å².